The number of anilines is 1. The number of furan rings is 1. The van der Waals surface area contributed by atoms with Crippen LogP contribution in [-0.4, -0.2) is 23.4 Å². The third-order valence-electron chi connectivity index (χ3n) is 8.36. The molecule has 36 heavy (non-hydrogen) atoms. The van der Waals surface area contributed by atoms with E-state index in [0.717, 1.165) is 27.6 Å². The third kappa shape index (κ3) is 2.49. The van der Waals surface area contributed by atoms with Crippen LogP contribution in [-0.2, 0) is 9.59 Å². The normalized spacial score (nSPS) is 23.7. The fourth-order valence-corrected chi connectivity index (χ4v) is 6.90. The van der Waals surface area contributed by atoms with Gasteiger partial charge in [-0.25, -0.2) is 0 Å². The number of hydrogen-bond acceptors (Lipinski definition) is 4. The topological polar surface area (TPSA) is 62.6 Å². The van der Waals surface area contributed by atoms with Crippen LogP contribution in [0.1, 0.15) is 34.1 Å². The number of benzene rings is 4. The van der Waals surface area contributed by atoms with Gasteiger partial charge >= 0.3 is 0 Å². The number of nitrogens with one attached hydrogen (secondary N) is 1. The van der Waals surface area contributed by atoms with Gasteiger partial charge < -0.3 is 9.73 Å². The molecule has 4 aromatic carbocycles. The number of carbonyl (C=O) groups is 2. The zero-order valence-corrected chi connectivity index (χ0v) is 19.3. The lowest BCUT2D eigenvalue weighted by Gasteiger charge is -2.45. The highest BCUT2D eigenvalue weighted by molar-refractivity contribution is 6.08. The molecule has 2 heterocycles. The number of nitrogens with zero attached hydrogens (tertiary/aromatic N) is 1. The molecular weight excluding hydrogens is 448 g/mol. The molecule has 1 aromatic heterocycles. The molecule has 1 aliphatic heterocycles. The monoisotopic (exact) mass is 470 g/mol. The lowest BCUT2D eigenvalue weighted by atomic mass is 9.55. The van der Waals surface area contributed by atoms with Gasteiger partial charge in [-0.2, -0.15) is 0 Å². The number of hydrogen-bond donors (Lipinski definition) is 1. The molecule has 0 radical (unpaired) electrons. The number of fused-ring (bicyclic) bond motifs is 3. The van der Waals surface area contributed by atoms with Crippen molar-refractivity contribution in [3.05, 3.63) is 113 Å². The summed E-state index contributed by atoms with van der Waals surface area (Å²) in [5, 5.41) is 5.43. The van der Waals surface area contributed by atoms with Crippen LogP contribution in [0.25, 0.3) is 21.9 Å². The van der Waals surface area contributed by atoms with E-state index >= 15 is 0 Å². The summed E-state index contributed by atoms with van der Waals surface area (Å²) in [6.07, 6.45) is 0. The molecule has 0 saturated carbocycles. The van der Waals surface area contributed by atoms with Crippen molar-refractivity contribution in [3.8, 4) is 0 Å². The van der Waals surface area contributed by atoms with Gasteiger partial charge in [0.1, 0.15) is 11.2 Å². The predicted molar refractivity (Wildman–Crippen MR) is 138 cm³/mol. The average molecular weight is 471 g/mol. The molecule has 0 spiro atoms. The summed E-state index contributed by atoms with van der Waals surface area (Å²) in [6.45, 7) is 0.141. The molecule has 5 nitrogen and oxygen atoms in total. The van der Waals surface area contributed by atoms with Crippen molar-refractivity contribution in [2.24, 2.45) is 11.8 Å². The fourth-order valence-electron chi connectivity index (χ4n) is 6.90. The van der Waals surface area contributed by atoms with Crippen molar-refractivity contribution in [2.45, 2.75) is 11.8 Å². The third-order valence-corrected chi connectivity index (χ3v) is 8.36. The first kappa shape index (κ1) is 19.9. The molecule has 3 aliphatic carbocycles. The largest absolute Gasteiger partial charge is 0.456 e. The van der Waals surface area contributed by atoms with Crippen molar-refractivity contribution in [1.82, 2.24) is 4.90 Å². The van der Waals surface area contributed by atoms with Crippen LogP contribution in [0.5, 0.6) is 0 Å². The Balaban J connectivity index is 1.13. The predicted octanol–water partition coefficient (Wildman–Crippen LogP) is 5.85. The minimum absolute atomic E-state index is 0.0821. The smallest absolute Gasteiger partial charge is 0.235 e. The molecule has 4 aliphatic rings. The summed E-state index contributed by atoms with van der Waals surface area (Å²) in [6, 6.07) is 30.5. The van der Waals surface area contributed by atoms with Crippen molar-refractivity contribution in [2.75, 3.05) is 12.0 Å². The van der Waals surface area contributed by atoms with E-state index in [0.29, 0.717) is 0 Å². The van der Waals surface area contributed by atoms with Crippen molar-refractivity contribution in [1.29, 1.82) is 0 Å². The Morgan fingerprint density at radius 2 is 1.17 bits per heavy atom. The molecule has 2 atom stereocenters. The maximum absolute atomic E-state index is 13.8. The number of carbonyl (C=O) groups excluding carboxylic acids is 2. The molecule has 5 aromatic rings. The quantitative estimate of drug-likeness (QED) is 0.336. The van der Waals surface area contributed by atoms with E-state index in [1.807, 2.05) is 66.7 Å². The van der Waals surface area contributed by atoms with Crippen molar-refractivity contribution in [3.63, 3.8) is 0 Å². The van der Waals surface area contributed by atoms with E-state index in [1.54, 1.807) is 0 Å². The number of amides is 2. The van der Waals surface area contributed by atoms with Crippen molar-refractivity contribution < 1.29 is 14.0 Å². The van der Waals surface area contributed by atoms with Gasteiger partial charge in [0.25, 0.3) is 0 Å². The van der Waals surface area contributed by atoms with Crippen LogP contribution in [0.4, 0.5) is 5.69 Å². The van der Waals surface area contributed by atoms with Crippen molar-refractivity contribution >= 4 is 39.4 Å². The van der Waals surface area contributed by atoms with E-state index in [1.165, 1.54) is 27.2 Å². The molecule has 9 rings (SSSR count). The van der Waals surface area contributed by atoms with Crippen LogP contribution in [0.3, 0.4) is 0 Å². The maximum Gasteiger partial charge on any atom is 0.235 e. The van der Waals surface area contributed by atoms with Gasteiger partial charge in [-0.3, -0.25) is 14.5 Å². The minimum Gasteiger partial charge on any atom is -0.456 e. The van der Waals surface area contributed by atoms with Crippen LogP contribution in [0, 0.1) is 11.8 Å². The number of para-hydroxylation sites is 1. The Hall–Kier alpha value is -4.38. The van der Waals surface area contributed by atoms with Gasteiger partial charge in [0.2, 0.25) is 11.8 Å². The highest BCUT2D eigenvalue weighted by atomic mass is 16.3. The summed E-state index contributed by atoms with van der Waals surface area (Å²) in [4.78, 5) is 28.9. The Bertz CT molecular complexity index is 1620. The van der Waals surface area contributed by atoms with E-state index in [2.05, 4.69) is 29.6 Å². The van der Waals surface area contributed by atoms with Crippen LogP contribution >= 0.6 is 0 Å². The van der Waals surface area contributed by atoms with Gasteiger partial charge in [0.05, 0.1) is 18.5 Å². The van der Waals surface area contributed by atoms with E-state index in [-0.39, 0.29) is 42.2 Å². The zero-order valence-electron chi connectivity index (χ0n) is 19.3. The second-order valence-corrected chi connectivity index (χ2v) is 10.0. The molecular formula is C31H22N2O3. The number of rotatable bonds is 3. The van der Waals surface area contributed by atoms with Crippen LogP contribution < -0.4 is 5.32 Å². The highest BCUT2D eigenvalue weighted by Gasteiger charge is 2.61. The minimum atomic E-state index is -0.355. The summed E-state index contributed by atoms with van der Waals surface area (Å²) in [7, 11) is 0. The number of imide groups is 1. The van der Waals surface area contributed by atoms with Gasteiger partial charge in [-0.15, -0.1) is 0 Å². The van der Waals surface area contributed by atoms with Gasteiger partial charge in [-0.1, -0.05) is 66.7 Å². The molecule has 5 heteroatoms. The summed E-state index contributed by atoms with van der Waals surface area (Å²) in [5.41, 5.74) is 7.18. The highest BCUT2D eigenvalue weighted by Crippen LogP contribution is 2.60. The maximum atomic E-state index is 13.8. The van der Waals surface area contributed by atoms with Crippen LogP contribution in [0.15, 0.2) is 95.4 Å². The average Bonchev–Trinajstić information content (AvgIpc) is 3.41. The molecule has 2 bridgehead atoms. The lowest BCUT2D eigenvalue weighted by Crippen LogP contribution is -2.41. The molecule has 1 saturated heterocycles. The summed E-state index contributed by atoms with van der Waals surface area (Å²) in [5.74, 6) is -1.04. The molecule has 174 valence electrons. The van der Waals surface area contributed by atoms with Gasteiger partial charge in [0.15, 0.2) is 0 Å². The van der Waals surface area contributed by atoms with Crippen LogP contribution in [0.2, 0.25) is 0 Å². The Morgan fingerprint density at radius 1 is 0.639 bits per heavy atom. The number of likely N-dealkylation sites (tertiary alicyclic amines) is 1. The first-order chi connectivity index (χ1) is 17.7. The summed E-state index contributed by atoms with van der Waals surface area (Å²) >= 11 is 0. The SMILES string of the molecule is O=C1[C@H]2C3c4ccccc4C(c4ccccc43)[C@@H]2C(=O)N1CNc1ccc2c(c1)oc1ccccc12. The zero-order chi connectivity index (χ0) is 24.0. The first-order valence-electron chi connectivity index (χ1n) is 12.4. The molecule has 2 amide bonds. The molecule has 1 fully saturated rings. The molecule has 1 N–H and O–H groups in total. The second kappa shape index (κ2) is 7.08. The first-order valence-corrected chi connectivity index (χ1v) is 12.4. The lowest BCUT2D eigenvalue weighted by molar-refractivity contribution is -0.139. The van der Waals surface area contributed by atoms with E-state index < -0.39 is 0 Å². The Morgan fingerprint density at radius 3 is 1.78 bits per heavy atom. The standard InChI is InChI=1S/C31H22N2O3/c34-30-28-26-20-8-1-2-9-21(20)27(23-11-4-3-10-22(23)26)29(28)31(35)33(30)16-32-17-13-14-19-18-7-5-6-12-24(18)36-25(19)15-17/h1-15,26-29,32H,16H2/t26?,27?,28-,29-/m0/s1. The Labute approximate surface area is 207 Å². The molecule has 0 unspecified atom stereocenters. The van der Waals surface area contributed by atoms with Gasteiger partial charge in [0, 0.05) is 34.4 Å². The fraction of sp³-hybridized carbons (Fsp3) is 0.161. The van der Waals surface area contributed by atoms with E-state index in [4.69, 9.17) is 4.42 Å². The second-order valence-electron chi connectivity index (χ2n) is 10.0. The Kier molecular flexibility index (Phi) is 3.91. The summed E-state index contributed by atoms with van der Waals surface area (Å²) < 4.78 is 6.00. The van der Waals surface area contributed by atoms with E-state index in [9.17, 15) is 9.59 Å². The van der Waals surface area contributed by atoms with Gasteiger partial charge in [-0.05, 0) is 40.5 Å².